The van der Waals surface area contributed by atoms with E-state index in [9.17, 15) is 4.79 Å². The molecular formula is C20H27N5O3. The standard InChI is InChI=1S/C20H27N5O3/c1-16-14-23-25(15-16)9-3-18(26)24-10-5-20(6-11-24)13-17(4-12-27-20)28-19-21-7-2-8-22-19/h2,7-8,14-15,17H,3-6,9-13H2,1H3. The SMILES string of the molecule is Cc1cnn(CCC(=O)N2CCC3(CC2)CC(Oc2ncccn2)CCO3)c1. The zero-order chi connectivity index (χ0) is 19.4. The highest BCUT2D eigenvalue weighted by Crippen LogP contribution is 2.36. The maximum Gasteiger partial charge on any atom is 0.316 e. The Hall–Kier alpha value is -2.48. The lowest BCUT2D eigenvalue weighted by Crippen LogP contribution is -2.52. The average molecular weight is 385 g/mol. The highest BCUT2D eigenvalue weighted by Gasteiger charge is 2.42. The third-order valence-electron chi connectivity index (χ3n) is 5.61. The molecule has 0 saturated carbocycles. The molecule has 0 aromatic carbocycles. The van der Waals surface area contributed by atoms with Gasteiger partial charge in [0.15, 0.2) is 0 Å². The zero-order valence-corrected chi connectivity index (χ0v) is 16.3. The number of piperidine rings is 1. The molecule has 8 nitrogen and oxygen atoms in total. The van der Waals surface area contributed by atoms with Crippen molar-refractivity contribution in [2.45, 2.75) is 57.3 Å². The number of carbonyl (C=O) groups is 1. The summed E-state index contributed by atoms with van der Waals surface area (Å²) in [4.78, 5) is 22.8. The molecule has 0 bridgehead atoms. The van der Waals surface area contributed by atoms with Crippen molar-refractivity contribution in [1.82, 2.24) is 24.6 Å². The molecule has 4 rings (SSSR count). The second-order valence-corrected chi connectivity index (χ2v) is 7.71. The maximum atomic E-state index is 12.6. The minimum Gasteiger partial charge on any atom is -0.460 e. The fourth-order valence-corrected chi connectivity index (χ4v) is 4.05. The van der Waals surface area contributed by atoms with Crippen molar-refractivity contribution in [3.05, 3.63) is 36.4 Å². The largest absolute Gasteiger partial charge is 0.460 e. The van der Waals surface area contributed by atoms with E-state index >= 15 is 0 Å². The second kappa shape index (κ2) is 8.26. The van der Waals surface area contributed by atoms with Gasteiger partial charge in [-0.1, -0.05) is 0 Å². The molecule has 0 N–H and O–H groups in total. The van der Waals surface area contributed by atoms with Crippen LogP contribution in [0.15, 0.2) is 30.9 Å². The zero-order valence-electron chi connectivity index (χ0n) is 16.3. The molecule has 1 amide bonds. The summed E-state index contributed by atoms with van der Waals surface area (Å²) in [6.45, 7) is 4.75. The van der Waals surface area contributed by atoms with Crippen molar-refractivity contribution < 1.29 is 14.3 Å². The Morgan fingerprint density at radius 1 is 1.32 bits per heavy atom. The summed E-state index contributed by atoms with van der Waals surface area (Å²) in [6, 6.07) is 2.20. The molecule has 1 spiro atoms. The van der Waals surface area contributed by atoms with Crippen LogP contribution in [0, 0.1) is 6.92 Å². The fourth-order valence-electron chi connectivity index (χ4n) is 4.05. The lowest BCUT2D eigenvalue weighted by Gasteiger charge is -2.45. The van der Waals surface area contributed by atoms with Gasteiger partial charge < -0.3 is 14.4 Å². The smallest absolute Gasteiger partial charge is 0.316 e. The van der Waals surface area contributed by atoms with Crippen LogP contribution in [0.4, 0.5) is 0 Å². The topological polar surface area (TPSA) is 82.4 Å². The van der Waals surface area contributed by atoms with Crippen LogP contribution in [0.2, 0.25) is 0 Å². The minimum atomic E-state index is -0.201. The number of nitrogens with zero attached hydrogens (tertiary/aromatic N) is 5. The van der Waals surface area contributed by atoms with E-state index in [1.807, 2.05) is 28.9 Å². The van der Waals surface area contributed by atoms with Crippen LogP contribution in [-0.4, -0.2) is 62.0 Å². The number of rotatable bonds is 5. The normalized spacial score (nSPS) is 21.6. The first-order chi connectivity index (χ1) is 13.6. The summed E-state index contributed by atoms with van der Waals surface area (Å²) in [5.74, 6) is 0.185. The van der Waals surface area contributed by atoms with Gasteiger partial charge in [0, 0.05) is 57.5 Å². The number of amides is 1. The fraction of sp³-hybridized carbons (Fsp3) is 0.600. The molecule has 2 aliphatic rings. The third kappa shape index (κ3) is 4.49. The Kier molecular flexibility index (Phi) is 5.57. The van der Waals surface area contributed by atoms with Crippen LogP contribution < -0.4 is 4.74 Å². The first-order valence-corrected chi connectivity index (χ1v) is 9.96. The van der Waals surface area contributed by atoms with E-state index in [2.05, 4.69) is 15.1 Å². The first kappa shape index (κ1) is 18.9. The number of likely N-dealkylation sites (tertiary alicyclic amines) is 1. The molecule has 1 unspecified atom stereocenters. The van der Waals surface area contributed by atoms with Crippen LogP contribution in [-0.2, 0) is 16.1 Å². The van der Waals surface area contributed by atoms with Gasteiger partial charge in [-0.25, -0.2) is 9.97 Å². The van der Waals surface area contributed by atoms with E-state index in [4.69, 9.17) is 9.47 Å². The van der Waals surface area contributed by atoms with Crippen molar-refractivity contribution in [1.29, 1.82) is 0 Å². The van der Waals surface area contributed by atoms with Crippen LogP contribution in [0.3, 0.4) is 0 Å². The Morgan fingerprint density at radius 2 is 2.11 bits per heavy atom. The Labute approximate surface area is 164 Å². The molecule has 2 aromatic rings. The van der Waals surface area contributed by atoms with Crippen molar-refractivity contribution in [3.63, 3.8) is 0 Å². The average Bonchev–Trinajstić information content (AvgIpc) is 3.13. The molecular weight excluding hydrogens is 358 g/mol. The summed E-state index contributed by atoms with van der Waals surface area (Å²) < 4.78 is 13.9. The molecule has 2 aliphatic heterocycles. The number of ether oxygens (including phenoxy) is 2. The van der Waals surface area contributed by atoms with Gasteiger partial charge in [-0.15, -0.1) is 0 Å². The predicted octanol–water partition coefficient (Wildman–Crippen LogP) is 1.99. The maximum absolute atomic E-state index is 12.6. The van der Waals surface area contributed by atoms with E-state index in [-0.39, 0.29) is 17.6 Å². The van der Waals surface area contributed by atoms with Gasteiger partial charge in [0.25, 0.3) is 0 Å². The highest BCUT2D eigenvalue weighted by molar-refractivity contribution is 5.76. The highest BCUT2D eigenvalue weighted by atomic mass is 16.5. The summed E-state index contributed by atoms with van der Waals surface area (Å²) in [7, 11) is 0. The quantitative estimate of drug-likeness (QED) is 0.783. The van der Waals surface area contributed by atoms with Gasteiger partial charge in [0.05, 0.1) is 18.4 Å². The number of hydrogen-bond acceptors (Lipinski definition) is 6. The molecule has 0 aliphatic carbocycles. The molecule has 2 fully saturated rings. The molecule has 4 heterocycles. The van der Waals surface area contributed by atoms with E-state index in [0.29, 0.717) is 25.6 Å². The summed E-state index contributed by atoms with van der Waals surface area (Å²) in [6.07, 6.45) is 11.0. The molecule has 8 heteroatoms. The lowest BCUT2D eigenvalue weighted by atomic mass is 9.83. The third-order valence-corrected chi connectivity index (χ3v) is 5.61. The van der Waals surface area contributed by atoms with Crippen LogP contribution in [0.1, 0.15) is 37.7 Å². The lowest BCUT2D eigenvalue weighted by molar-refractivity contribution is -0.152. The number of aryl methyl sites for hydroxylation is 2. The van der Waals surface area contributed by atoms with Crippen LogP contribution in [0.25, 0.3) is 0 Å². The van der Waals surface area contributed by atoms with E-state index < -0.39 is 0 Å². The van der Waals surface area contributed by atoms with Gasteiger partial charge in [-0.2, -0.15) is 5.10 Å². The summed E-state index contributed by atoms with van der Waals surface area (Å²) >= 11 is 0. The first-order valence-electron chi connectivity index (χ1n) is 9.96. The Bertz CT molecular complexity index is 786. The second-order valence-electron chi connectivity index (χ2n) is 7.71. The van der Waals surface area contributed by atoms with E-state index in [0.717, 1.165) is 44.3 Å². The minimum absolute atomic E-state index is 0.0569. The van der Waals surface area contributed by atoms with Crippen molar-refractivity contribution >= 4 is 5.91 Å². The molecule has 28 heavy (non-hydrogen) atoms. The summed E-state index contributed by atoms with van der Waals surface area (Å²) in [5.41, 5.74) is 0.910. The number of hydrogen-bond donors (Lipinski definition) is 0. The monoisotopic (exact) mass is 385 g/mol. The van der Waals surface area contributed by atoms with E-state index in [1.54, 1.807) is 18.5 Å². The van der Waals surface area contributed by atoms with Crippen LogP contribution in [0.5, 0.6) is 6.01 Å². The molecule has 1 atom stereocenters. The van der Waals surface area contributed by atoms with Gasteiger partial charge in [-0.3, -0.25) is 9.48 Å². The van der Waals surface area contributed by atoms with Gasteiger partial charge in [-0.05, 0) is 31.4 Å². The molecule has 0 radical (unpaired) electrons. The van der Waals surface area contributed by atoms with Crippen molar-refractivity contribution in [2.24, 2.45) is 0 Å². The van der Waals surface area contributed by atoms with Gasteiger partial charge in [0.2, 0.25) is 5.91 Å². The number of carbonyl (C=O) groups excluding carboxylic acids is 1. The van der Waals surface area contributed by atoms with Crippen molar-refractivity contribution in [3.8, 4) is 6.01 Å². The van der Waals surface area contributed by atoms with E-state index in [1.165, 1.54) is 0 Å². The Balaban J connectivity index is 1.27. The van der Waals surface area contributed by atoms with Gasteiger partial charge in [0.1, 0.15) is 6.10 Å². The molecule has 150 valence electrons. The van der Waals surface area contributed by atoms with Gasteiger partial charge >= 0.3 is 6.01 Å². The Morgan fingerprint density at radius 3 is 2.82 bits per heavy atom. The summed E-state index contributed by atoms with van der Waals surface area (Å²) in [5, 5.41) is 4.25. The predicted molar refractivity (Wildman–Crippen MR) is 102 cm³/mol. The molecule has 2 aromatic heterocycles. The van der Waals surface area contributed by atoms with Crippen molar-refractivity contribution in [2.75, 3.05) is 19.7 Å². The number of aromatic nitrogens is 4. The van der Waals surface area contributed by atoms with Crippen LogP contribution >= 0.6 is 0 Å². The molecule has 2 saturated heterocycles.